The average Bonchev–Trinajstić information content (AvgIpc) is 2.36. The van der Waals surface area contributed by atoms with E-state index in [1.807, 2.05) is 0 Å². The summed E-state index contributed by atoms with van der Waals surface area (Å²) in [6, 6.07) is 1.72. The maximum absolute atomic E-state index is 11.1. The molecule has 0 radical (unpaired) electrons. The number of hydrogen-bond donors (Lipinski definition) is 4. The lowest BCUT2D eigenvalue weighted by atomic mass is 9.99. The Balaban J connectivity index is 3.58. The highest BCUT2D eigenvalue weighted by Crippen LogP contribution is 2.22. The minimum absolute atomic E-state index is 0.158. The SMILES string of the molecule is C=CC(=O)Nc1cc(C(=O)O)c(C(=O)O)c(C(=O)O)c1. The molecule has 104 valence electrons. The van der Waals surface area contributed by atoms with Crippen LogP contribution in [0.5, 0.6) is 0 Å². The number of carboxylic acid groups (broad SMARTS) is 3. The quantitative estimate of drug-likeness (QED) is 0.587. The Hall–Kier alpha value is -3.16. The molecule has 8 nitrogen and oxygen atoms in total. The van der Waals surface area contributed by atoms with Gasteiger partial charge >= 0.3 is 17.9 Å². The molecule has 0 aliphatic carbocycles. The largest absolute Gasteiger partial charge is 0.478 e. The topological polar surface area (TPSA) is 141 Å². The van der Waals surface area contributed by atoms with E-state index in [-0.39, 0.29) is 5.69 Å². The Kier molecular flexibility index (Phi) is 4.21. The first-order chi connectivity index (χ1) is 9.27. The van der Waals surface area contributed by atoms with Gasteiger partial charge < -0.3 is 20.6 Å². The van der Waals surface area contributed by atoms with Crippen LogP contribution in [0, 0.1) is 0 Å². The van der Waals surface area contributed by atoms with Crippen LogP contribution in [0.15, 0.2) is 24.8 Å². The van der Waals surface area contributed by atoms with Crippen molar-refractivity contribution in [3.63, 3.8) is 0 Å². The standard InChI is InChI=1S/C12H9NO7/c1-2-8(14)13-5-3-6(10(15)16)9(12(19)20)7(4-5)11(17)18/h2-4H,1H2,(H,13,14)(H,15,16)(H,17,18)(H,19,20). The predicted molar refractivity (Wildman–Crippen MR) is 66.1 cm³/mol. The van der Waals surface area contributed by atoms with E-state index in [9.17, 15) is 19.2 Å². The molecule has 20 heavy (non-hydrogen) atoms. The van der Waals surface area contributed by atoms with Gasteiger partial charge in [0.25, 0.3) is 0 Å². The van der Waals surface area contributed by atoms with E-state index < -0.39 is 40.5 Å². The van der Waals surface area contributed by atoms with Crippen molar-refractivity contribution in [2.45, 2.75) is 0 Å². The molecule has 1 amide bonds. The Morgan fingerprint density at radius 3 is 1.70 bits per heavy atom. The minimum atomic E-state index is -1.69. The maximum Gasteiger partial charge on any atom is 0.337 e. The minimum Gasteiger partial charge on any atom is -0.478 e. The fourth-order valence-electron chi connectivity index (χ4n) is 1.48. The van der Waals surface area contributed by atoms with Crippen molar-refractivity contribution in [2.75, 3.05) is 5.32 Å². The van der Waals surface area contributed by atoms with Crippen molar-refractivity contribution in [3.05, 3.63) is 41.5 Å². The fraction of sp³-hybridized carbons (Fsp3) is 0. The van der Waals surface area contributed by atoms with Gasteiger partial charge in [0.2, 0.25) is 5.91 Å². The number of rotatable bonds is 5. The number of anilines is 1. The number of hydrogen-bond acceptors (Lipinski definition) is 4. The molecule has 0 heterocycles. The van der Waals surface area contributed by atoms with E-state index in [1.54, 1.807) is 0 Å². The Bertz CT molecular complexity index is 598. The lowest BCUT2D eigenvalue weighted by molar-refractivity contribution is -0.111. The number of carbonyl (C=O) groups is 4. The molecule has 4 N–H and O–H groups in total. The van der Waals surface area contributed by atoms with Crippen LogP contribution in [0.25, 0.3) is 0 Å². The Morgan fingerprint density at radius 2 is 1.40 bits per heavy atom. The summed E-state index contributed by atoms with van der Waals surface area (Å²) in [5.41, 5.74) is -2.50. The summed E-state index contributed by atoms with van der Waals surface area (Å²) < 4.78 is 0. The van der Waals surface area contributed by atoms with E-state index in [4.69, 9.17) is 15.3 Å². The molecular weight excluding hydrogens is 270 g/mol. The van der Waals surface area contributed by atoms with E-state index in [0.717, 1.165) is 18.2 Å². The zero-order valence-corrected chi connectivity index (χ0v) is 9.91. The molecule has 1 rings (SSSR count). The number of benzene rings is 1. The number of carboxylic acids is 3. The zero-order chi connectivity index (χ0) is 15.4. The van der Waals surface area contributed by atoms with Crippen LogP contribution in [0.1, 0.15) is 31.1 Å². The number of nitrogens with one attached hydrogen (secondary N) is 1. The smallest absolute Gasteiger partial charge is 0.337 e. The predicted octanol–water partition coefficient (Wildman–Crippen LogP) is 0.906. The van der Waals surface area contributed by atoms with E-state index in [1.165, 1.54) is 0 Å². The van der Waals surface area contributed by atoms with Crippen molar-refractivity contribution >= 4 is 29.5 Å². The van der Waals surface area contributed by atoms with Crippen LogP contribution in [0.2, 0.25) is 0 Å². The van der Waals surface area contributed by atoms with Gasteiger partial charge in [0, 0.05) is 5.69 Å². The summed E-state index contributed by atoms with van der Waals surface area (Å²) in [5.74, 6) is -5.64. The van der Waals surface area contributed by atoms with Crippen molar-refractivity contribution < 1.29 is 34.5 Å². The molecular formula is C12H9NO7. The molecule has 0 atom stereocenters. The van der Waals surface area contributed by atoms with Gasteiger partial charge in [0.15, 0.2) is 0 Å². The molecule has 0 aliphatic rings. The molecule has 0 aromatic heterocycles. The van der Waals surface area contributed by atoms with Gasteiger partial charge in [0.05, 0.1) is 16.7 Å². The lowest BCUT2D eigenvalue weighted by Crippen LogP contribution is -2.17. The van der Waals surface area contributed by atoms with Crippen LogP contribution < -0.4 is 5.32 Å². The second-order valence-electron chi connectivity index (χ2n) is 3.56. The third kappa shape index (κ3) is 2.99. The van der Waals surface area contributed by atoms with E-state index in [0.29, 0.717) is 0 Å². The van der Waals surface area contributed by atoms with Crippen molar-refractivity contribution in [1.82, 2.24) is 0 Å². The molecule has 8 heteroatoms. The first-order valence-electron chi connectivity index (χ1n) is 5.09. The van der Waals surface area contributed by atoms with Gasteiger partial charge in [-0.1, -0.05) is 6.58 Å². The summed E-state index contributed by atoms with van der Waals surface area (Å²) in [6.45, 7) is 3.18. The highest BCUT2D eigenvalue weighted by molar-refractivity contribution is 6.11. The highest BCUT2D eigenvalue weighted by Gasteiger charge is 2.25. The Labute approximate surface area is 112 Å². The van der Waals surface area contributed by atoms with Crippen LogP contribution in [-0.2, 0) is 4.79 Å². The molecule has 0 unspecified atom stereocenters. The van der Waals surface area contributed by atoms with Crippen LogP contribution in [0.3, 0.4) is 0 Å². The average molecular weight is 279 g/mol. The van der Waals surface area contributed by atoms with Gasteiger partial charge in [-0.25, -0.2) is 14.4 Å². The van der Waals surface area contributed by atoms with Gasteiger partial charge in [-0.15, -0.1) is 0 Å². The summed E-state index contributed by atoms with van der Waals surface area (Å²) >= 11 is 0. The number of carbonyl (C=O) groups excluding carboxylic acids is 1. The molecule has 0 saturated carbocycles. The third-order valence-corrected chi connectivity index (χ3v) is 2.27. The molecule has 0 bridgehead atoms. The number of amides is 1. The van der Waals surface area contributed by atoms with Crippen LogP contribution >= 0.6 is 0 Å². The second kappa shape index (κ2) is 5.65. The van der Waals surface area contributed by atoms with Gasteiger partial charge in [-0.05, 0) is 18.2 Å². The molecule has 1 aromatic carbocycles. The summed E-state index contributed by atoms with van der Waals surface area (Å²) in [4.78, 5) is 44.2. The van der Waals surface area contributed by atoms with E-state index in [2.05, 4.69) is 11.9 Å². The number of aromatic carboxylic acids is 3. The zero-order valence-electron chi connectivity index (χ0n) is 9.91. The van der Waals surface area contributed by atoms with Crippen LogP contribution in [-0.4, -0.2) is 39.1 Å². The fourth-order valence-corrected chi connectivity index (χ4v) is 1.48. The third-order valence-electron chi connectivity index (χ3n) is 2.27. The molecule has 0 saturated heterocycles. The van der Waals surface area contributed by atoms with Crippen LogP contribution in [0.4, 0.5) is 5.69 Å². The second-order valence-corrected chi connectivity index (χ2v) is 3.56. The molecule has 0 fully saturated rings. The van der Waals surface area contributed by atoms with Gasteiger partial charge in [0.1, 0.15) is 0 Å². The van der Waals surface area contributed by atoms with Gasteiger partial charge in [-0.2, -0.15) is 0 Å². The Morgan fingerprint density at radius 1 is 0.950 bits per heavy atom. The molecule has 0 spiro atoms. The van der Waals surface area contributed by atoms with Crippen molar-refractivity contribution in [1.29, 1.82) is 0 Å². The summed E-state index contributed by atoms with van der Waals surface area (Å²) in [5, 5.41) is 29.0. The van der Waals surface area contributed by atoms with Gasteiger partial charge in [-0.3, -0.25) is 4.79 Å². The maximum atomic E-state index is 11.1. The molecule has 0 aliphatic heterocycles. The summed E-state index contributed by atoms with van der Waals surface area (Å²) in [7, 11) is 0. The van der Waals surface area contributed by atoms with Crippen molar-refractivity contribution in [2.24, 2.45) is 0 Å². The lowest BCUT2D eigenvalue weighted by Gasteiger charge is -2.10. The first kappa shape index (κ1) is 14.9. The monoisotopic (exact) mass is 279 g/mol. The van der Waals surface area contributed by atoms with E-state index >= 15 is 0 Å². The summed E-state index contributed by atoms with van der Waals surface area (Å²) in [6.07, 6.45) is 0.895. The normalized spacial score (nSPS) is 9.60. The molecule has 1 aromatic rings. The first-order valence-corrected chi connectivity index (χ1v) is 5.09. The van der Waals surface area contributed by atoms with Crippen molar-refractivity contribution in [3.8, 4) is 0 Å². The highest BCUT2D eigenvalue weighted by atomic mass is 16.4.